The number of hydrogen-bond donors (Lipinski definition) is 0. The molecule has 10 aromatic rings. The van der Waals surface area contributed by atoms with Gasteiger partial charge in [-0.25, -0.2) is 0 Å². The molecule has 0 bridgehead atoms. The molecule has 0 heteroatoms. The molecule has 0 saturated heterocycles. The molecule has 0 N–H and O–H groups in total. The second-order valence-electron chi connectivity index (χ2n) is 13.2. The second kappa shape index (κ2) is 11.6. The van der Waals surface area contributed by atoms with Crippen molar-refractivity contribution in [3.63, 3.8) is 0 Å². The first-order chi connectivity index (χ1) is 24.8. The van der Waals surface area contributed by atoms with Crippen LogP contribution in [-0.4, -0.2) is 0 Å². The number of benzene rings is 10. The molecule has 0 heterocycles. The second-order valence-corrected chi connectivity index (χ2v) is 13.2. The van der Waals surface area contributed by atoms with Gasteiger partial charge in [0.2, 0.25) is 0 Å². The molecule has 0 atom stereocenters. The minimum atomic E-state index is 1.22. The fraction of sp³-hybridized carbons (Fsp3) is 0. The molecule has 0 nitrogen and oxygen atoms in total. The third kappa shape index (κ3) is 4.54. The first-order valence-electron chi connectivity index (χ1n) is 17.4. The maximum atomic E-state index is 2.40. The van der Waals surface area contributed by atoms with Crippen molar-refractivity contribution in [3.05, 3.63) is 194 Å². The van der Waals surface area contributed by atoms with Crippen LogP contribution in [0.2, 0.25) is 0 Å². The van der Waals surface area contributed by atoms with Gasteiger partial charge in [0.05, 0.1) is 0 Å². The minimum absolute atomic E-state index is 1.22. The Hall–Kier alpha value is -6.50. The number of hydrogen-bond acceptors (Lipinski definition) is 0. The highest BCUT2D eigenvalue weighted by Crippen LogP contribution is 2.47. The van der Waals surface area contributed by atoms with E-state index in [1.807, 2.05) is 0 Å². The molecule has 0 aliphatic carbocycles. The predicted octanol–water partition coefficient (Wildman–Crippen LogP) is 14.1. The molecule has 0 amide bonds. The Kier molecular flexibility index (Phi) is 6.60. The van der Waals surface area contributed by atoms with Crippen LogP contribution in [-0.2, 0) is 0 Å². The molecule has 0 radical (unpaired) electrons. The van der Waals surface area contributed by atoms with Gasteiger partial charge >= 0.3 is 0 Å². The van der Waals surface area contributed by atoms with Gasteiger partial charge in [0.25, 0.3) is 0 Å². The van der Waals surface area contributed by atoms with E-state index in [1.54, 1.807) is 0 Å². The molecule has 0 aromatic heterocycles. The fourth-order valence-corrected chi connectivity index (χ4v) is 8.17. The highest BCUT2D eigenvalue weighted by atomic mass is 14.2. The van der Waals surface area contributed by atoms with E-state index >= 15 is 0 Å². The van der Waals surface area contributed by atoms with E-state index in [0.29, 0.717) is 0 Å². The van der Waals surface area contributed by atoms with E-state index in [2.05, 4.69) is 194 Å². The van der Waals surface area contributed by atoms with Gasteiger partial charge < -0.3 is 0 Å². The van der Waals surface area contributed by atoms with Crippen molar-refractivity contribution in [2.45, 2.75) is 0 Å². The molecular formula is C50H32. The lowest BCUT2D eigenvalue weighted by atomic mass is 9.83. The molecule has 0 saturated carbocycles. The Morgan fingerprint density at radius 2 is 0.700 bits per heavy atom. The Balaban J connectivity index is 1.23. The van der Waals surface area contributed by atoms with Crippen LogP contribution in [0.15, 0.2) is 194 Å². The van der Waals surface area contributed by atoms with Crippen molar-refractivity contribution in [2.24, 2.45) is 0 Å². The molecule has 50 heavy (non-hydrogen) atoms. The van der Waals surface area contributed by atoms with Crippen LogP contribution >= 0.6 is 0 Å². The lowest BCUT2D eigenvalue weighted by molar-refractivity contribution is 1.62. The molecule has 0 unspecified atom stereocenters. The van der Waals surface area contributed by atoms with Gasteiger partial charge in [0.1, 0.15) is 0 Å². The van der Waals surface area contributed by atoms with Crippen LogP contribution in [0, 0.1) is 0 Å². The molecule has 232 valence electrons. The third-order valence-electron chi connectivity index (χ3n) is 10.4. The highest BCUT2D eigenvalue weighted by molar-refractivity contribution is 6.23. The van der Waals surface area contributed by atoms with Crippen LogP contribution in [0.4, 0.5) is 0 Å². The van der Waals surface area contributed by atoms with Crippen molar-refractivity contribution < 1.29 is 0 Å². The summed E-state index contributed by atoms with van der Waals surface area (Å²) in [5.74, 6) is 0. The minimum Gasteiger partial charge on any atom is -0.0616 e. The van der Waals surface area contributed by atoms with Gasteiger partial charge in [0.15, 0.2) is 0 Å². The van der Waals surface area contributed by atoms with Crippen LogP contribution in [0.3, 0.4) is 0 Å². The van der Waals surface area contributed by atoms with Gasteiger partial charge in [-0.15, -0.1) is 0 Å². The Morgan fingerprint density at radius 3 is 1.42 bits per heavy atom. The standard InChI is InChI=1S/C50H32/c1-2-15-34-30-37(29-28-33(34)14-1)40-20-5-8-23-43(40)50-46-26-11-9-24-44(46)49(45-25-10-12-27-47(45)50)38-18-13-17-35(31-38)48-32-36-16-3-4-19-39(36)41-21-6-7-22-42(41)48/h1-32H. The topological polar surface area (TPSA) is 0 Å². The van der Waals surface area contributed by atoms with E-state index in [4.69, 9.17) is 0 Å². The average Bonchev–Trinajstić information content (AvgIpc) is 3.19. The molecular weight excluding hydrogens is 601 g/mol. The van der Waals surface area contributed by atoms with Crippen molar-refractivity contribution in [2.75, 3.05) is 0 Å². The number of fused-ring (bicyclic) bond motifs is 6. The summed E-state index contributed by atoms with van der Waals surface area (Å²) in [4.78, 5) is 0. The lowest BCUT2D eigenvalue weighted by Gasteiger charge is -2.20. The zero-order valence-corrected chi connectivity index (χ0v) is 27.5. The molecule has 0 spiro atoms. The van der Waals surface area contributed by atoms with Crippen molar-refractivity contribution in [3.8, 4) is 44.5 Å². The maximum absolute atomic E-state index is 2.40. The SMILES string of the molecule is c1cc(-c2c3ccccc3c(-c3ccccc3-c3ccc4ccccc4c3)c3ccccc23)cc(-c2cc3ccccc3c3ccccc23)c1. The maximum Gasteiger partial charge on any atom is -0.00201 e. The largest absolute Gasteiger partial charge is 0.0616 e. The van der Waals surface area contributed by atoms with Gasteiger partial charge in [-0.1, -0.05) is 176 Å². The first-order valence-corrected chi connectivity index (χ1v) is 17.4. The molecule has 0 aliphatic rings. The number of rotatable bonds is 4. The Morgan fingerprint density at radius 1 is 0.200 bits per heavy atom. The van der Waals surface area contributed by atoms with Gasteiger partial charge in [-0.05, 0) is 117 Å². The van der Waals surface area contributed by atoms with Crippen LogP contribution in [0.5, 0.6) is 0 Å². The highest BCUT2D eigenvalue weighted by Gasteiger charge is 2.19. The Bertz CT molecular complexity index is 2870. The molecule has 0 fully saturated rings. The lowest BCUT2D eigenvalue weighted by Crippen LogP contribution is -1.93. The summed E-state index contributed by atoms with van der Waals surface area (Å²) < 4.78 is 0. The average molecular weight is 633 g/mol. The van der Waals surface area contributed by atoms with Gasteiger partial charge in [-0.3, -0.25) is 0 Å². The van der Waals surface area contributed by atoms with Crippen LogP contribution in [0.25, 0.3) is 98.4 Å². The van der Waals surface area contributed by atoms with Crippen LogP contribution < -0.4 is 0 Å². The summed E-state index contributed by atoms with van der Waals surface area (Å²) >= 11 is 0. The first kappa shape index (κ1) is 28.5. The van der Waals surface area contributed by atoms with Crippen molar-refractivity contribution in [1.29, 1.82) is 0 Å². The quantitative estimate of drug-likeness (QED) is 0.134. The molecule has 0 aliphatic heterocycles. The predicted molar refractivity (Wildman–Crippen MR) is 216 cm³/mol. The monoisotopic (exact) mass is 632 g/mol. The Labute approximate surface area is 291 Å². The van der Waals surface area contributed by atoms with E-state index < -0.39 is 0 Å². The van der Waals surface area contributed by atoms with Crippen LogP contribution in [0.1, 0.15) is 0 Å². The fourth-order valence-electron chi connectivity index (χ4n) is 8.17. The zero-order chi connectivity index (χ0) is 33.0. The van der Waals surface area contributed by atoms with E-state index in [-0.39, 0.29) is 0 Å². The van der Waals surface area contributed by atoms with Gasteiger partial charge in [0, 0.05) is 0 Å². The zero-order valence-electron chi connectivity index (χ0n) is 27.5. The van der Waals surface area contributed by atoms with E-state index in [1.165, 1.54) is 98.4 Å². The summed E-state index contributed by atoms with van der Waals surface area (Å²) in [6.07, 6.45) is 0. The van der Waals surface area contributed by atoms with Crippen molar-refractivity contribution >= 4 is 53.9 Å². The third-order valence-corrected chi connectivity index (χ3v) is 10.4. The normalized spacial score (nSPS) is 11.6. The molecule has 10 rings (SSSR count). The van der Waals surface area contributed by atoms with Gasteiger partial charge in [-0.2, -0.15) is 0 Å². The smallest absolute Gasteiger partial charge is 0.00201 e. The van der Waals surface area contributed by atoms with Crippen molar-refractivity contribution in [1.82, 2.24) is 0 Å². The summed E-state index contributed by atoms with van der Waals surface area (Å²) in [5, 5.41) is 12.7. The van der Waals surface area contributed by atoms with E-state index in [0.717, 1.165) is 0 Å². The van der Waals surface area contributed by atoms with E-state index in [9.17, 15) is 0 Å². The summed E-state index contributed by atoms with van der Waals surface area (Å²) in [6.45, 7) is 0. The molecule has 10 aromatic carbocycles. The summed E-state index contributed by atoms with van der Waals surface area (Å²) in [7, 11) is 0. The summed E-state index contributed by atoms with van der Waals surface area (Å²) in [5.41, 5.74) is 9.98. The summed E-state index contributed by atoms with van der Waals surface area (Å²) in [6, 6.07) is 71.4.